The summed E-state index contributed by atoms with van der Waals surface area (Å²) >= 11 is 0. The Bertz CT molecular complexity index is 1760. The number of hydrogen-bond acceptors (Lipinski definition) is 7. The zero-order chi connectivity index (χ0) is 25.2. The molecule has 0 spiro atoms. The number of benzene rings is 4. The second-order valence-corrected chi connectivity index (χ2v) is 10.7. The molecule has 0 amide bonds. The molecule has 6 rings (SSSR count). The smallest absolute Gasteiger partial charge is 0.397 e. The van der Waals surface area contributed by atoms with Crippen LogP contribution in [0, 0.1) is 4.91 Å². The predicted molar refractivity (Wildman–Crippen MR) is 135 cm³/mol. The molecule has 2 aliphatic carbocycles. The highest BCUT2D eigenvalue weighted by atomic mass is 32.2. The van der Waals surface area contributed by atoms with Crippen molar-refractivity contribution in [3.8, 4) is 0 Å². The van der Waals surface area contributed by atoms with E-state index >= 15 is 0 Å². The van der Waals surface area contributed by atoms with Crippen molar-refractivity contribution in [1.82, 2.24) is 0 Å². The summed E-state index contributed by atoms with van der Waals surface area (Å²) in [5.74, 6) is -1.03. The molecule has 2 aliphatic rings. The van der Waals surface area contributed by atoms with Gasteiger partial charge in [-0.05, 0) is 29.0 Å². The third-order valence-electron chi connectivity index (χ3n) is 6.59. The number of nitrogens with zero attached hydrogens (tertiary/aromatic N) is 1. The van der Waals surface area contributed by atoms with Crippen LogP contribution >= 0.6 is 0 Å². The third kappa shape index (κ3) is 3.31. The van der Waals surface area contributed by atoms with E-state index in [0.29, 0.717) is 18.5 Å². The number of hydrogen-bond donors (Lipinski definition) is 2. The summed E-state index contributed by atoms with van der Waals surface area (Å²) in [6, 6.07) is 20.0. The second-order valence-electron chi connectivity index (χ2n) is 8.97. The first kappa shape index (κ1) is 22.1. The van der Waals surface area contributed by atoms with Gasteiger partial charge in [0, 0.05) is 34.6 Å². The molecule has 178 valence electrons. The largest absolute Gasteiger partial charge is 0.439 e. The number of sulfonamides is 1. The molecule has 8 nitrogen and oxygen atoms in total. The van der Waals surface area contributed by atoms with Crippen LogP contribution < -0.4 is 11.1 Å². The Morgan fingerprint density at radius 3 is 2.08 bits per heavy atom. The predicted octanol–water partition coefficient (Wildman–Crippen LogP) is 4.57. The first-order valence-electron chi connectivity index (χ1n) is 11.4. The average Bonchev–Trinajstić information content (AvgIpc) is 3.73. The lowest BCUT2D eigenvalue weighted by Crippen LogP contribution is -2.27. The standard InChI is InChI=1S/C27H19N3O5S/c28-25-22(36(34,35)30(33)18-11-12-18)14-21(29-17-10-9-15-5-1-2-6-16(15)13-17)23-24(25)27(32)20-8-4-3-7-19(20)26(23)31/h1-10,13-14,18H,11-12H2,(H2-,28,29,31,32)/p+1. The quantitative estimate of drug-likeness (QED) is 0.268. The summed E-state index contributed by atoms with van der Waals surface area (Å²) in [6.45, 7) is 0. The highest BCUT2D eigenvalue weighted by molar-refractivity contribution is 7.85. The highest BCUT2D eigenvalue weighted by Crippen LogP contribution is 2.41. The van der Waals surface area contributed by atoms with E-state index in [4.69, 9.17) is 5.73 Å². The second kappa shape index (κ2) is 7.82. The number of rotatable bonds is 5. The van der Waals surface area contributed by atoms with Gasteiger partial charge in [-0.25, -0.2) is 0 Å². The van der Waals surface area contributed by atoms with Crippen molar-refractivity contribution in [2.45, 2.75) is 23.8 Å². The number of carbonyl (C=O) groups excluding carboxylic acids is 2. The Hall–Kier alpha value is -4.37. The molecule has 0 saturated heterocycles. The molecule has 1 fully saturated rings. The third-order valence-corrected chi connectivity index (χ3v) is 8.25. The first-order chi connectivity index (χ1) is 17.3. The minimum absolute atomic E-state index is 0.0211. The SMILES string of the molecule is Nc1c(S(=O)(=O)[N+](=O)C2CC2)cc(Nc2ccc3ccccc3c2)c2c1C(=O)c1ccccc1C2=O. The lowest BCUT2D eigenvalue weighted by Gasteiger charge is -2.23. The Balaban J connectivity index is 1.59. The van der Waals surface area contributed by atoms with Gasteiger partial charge in [-0.1, -0.05) is 54.6 Å². The Kier molecular flexibility index (Phi) is 4.81. The molecule has 4 aromatic carbocycles. The Morgan fingerprint density at radius 2 is 1.42 bits per heavy atom. The van der Waals surface area contributed by atoms with E-state index in [9.17, 15) is 22.9 Å². The maximum Gasteiger partial charge on any atom is 0.439 e. The molecule has 0 radical (unpaired) electrons. The van der Waals surface area contributed by atoms with Gasteiger partial charge in [0.15, 0.2) is 16.5 Å². The summed E-state index contributed by atoms with van der Waals surface area (Å²) in [5, 5.41) is 5.04. The normalized spacial score (nSPS) is 14.9. The van der Waals surface area contributed by atoms with E-state index in [2.05, 4.69) is 5.32 Å². The molecule has 0 unspecified atom stereocenters. The van der Waals surface area contributed by atoms with Crippen molar-refractivity contribution in [3.63, 3.8) is 0 Å². The van der Waals surface area contributed by atoms with Gasteiger partial charge < -0.3 is 11.1 Å². The van der Waals surface area contributed by atoms with Gasteiger partial charge in [0.05, 0.1) is 22.5 Å². The molecule has 36 heavy (non-hydrogen) atoms. The number of nitrogens with two attached hydrogens (primary N) is 1. The fourth-order valence-corrected chi connectivity index (χ4v) is 6.05. The summed E-state index contributed by atoms with van der Waals surface area (Å²) in [7, 11) is -4.56. The van der Waals surface area contributed by atoms with Crippen LogP contribution in [-0.2, 0) is 10.0 Å². The molecule has 4 aromatic rings. The number of nitroso groups, excluding NO2 is 1. The van der Waals surface area contributed by atoms with Crippen molar-refractivity contribution in [2.24, 2.45) is 0 Å². The minimum Gasteiger partial charge on any atom is -0.397 e. The number of carbonyl (C=O) groups is 2. The van der Waals surface area contributed by atoms with Crippen LogP contribution in [0.25, 0.3) is 10.8 Å². The van der Waals surface area contributed by atoms with E-state index in [1.807, 2.05) is 36.4 Å². The lowest BCUT2D eigenvalue weighted by molar-refractivity contribution is -0.405. The topological polar surface area (TPSA) is 126 Å². The van der Waals surface area contributed by atoms with Crippen molar-refractivity contribution < 1.29 is 22.2 Å². The number of nitrogens with one attached hydrogen (secondary N) is 1. The zero-order valence-corrected chi connectivity index (χ0v) is 19.7. The fourth-order valence-electron chi connectivity index (χ4n) is 4.61. The van der Waals surface area contributed by atoms with Crippen LogP contribution in [0.15, 0.2) is 77.7 Å². The summed E-state index contributed by atoms with van der Waals surface area (Å²) in [5.41, 5.74) is 6.61. The molecule has 0 aliphatic heterocycles. The molecule has 0 aromatic heterocycles. The van der Waals surface area contributed by atoms with E-state index in [1.54, 1.807) is 24.3 Å². The van der Waals surface area contributed by atoms with Crippen LogP contribution in [0.1, 0.15) is 44.7 Å². The van der Waals surface area contributed by atoms with Gasteiger partial charge in [0.2, 0.25) is 6.04 Å². The van der Waals surface area contributed by atoms with Crippen molar-refractivity contribution in [2.75, 3.05) is 11.1 Å². The summed E-state index contributed by atoms with van der Waals surface area (Å²) in [6.07, 6.45) is 0.918. The Morgan fingerprint density at radius 1 is 0.806 bits per heavy atom. The zero-order valence-electron chi connectivity index (χ0n) is 18.9. The number of fused-ring (bicyclic) bond motifs is 3. The maximum absolute atomic E-state index is 13.6. The van der Waals surface area contributed by atoms with Crippen LogP contribution in [0.4, 0.5) is 17.1 Å². The molecule has 0 heterocycles. The molecule has 9 heteroatoms. The van der Waals surface area contributed by atoms with Crippen LogP contribution in [0.2, 0.25) is 0 Å². The fraction of sp³-hybridized carbons (Fsp3) is 0.111. The van der Waals surface area contributed by atoms with Crippen LogP contribution in [0.3, 0.4) is 0 Å². The molecule has 0 bridgehead atoms. The van der Waals surface area contributed by atoms with Gasteiger partial charge in [-0.2, -0.15) is 8.42 Å². The van der Waals surface area contributed by atoms with Gasteiger partial charge in [-0.3, -0.25) is 9.59 Å². The van der Waals surface area contributed by atoms with E-state index in [1.165, 1.54) is 12.1 Å². The van der Waals surface area contributed by atoms with E-state index in [-0.39, 0.29) is 32.1 Å². The number of nitrogen functional groups attached to an aromatic ring is 1. The molecule has 0 atom stereocenters. The molecular formula is C27H20N3O5S+. The Labute approximate surface area is 206 Å². The average molecular weight is 499 g/mol. The van der Waals surface area contributed by atoms with E-state index in [0.717, 1.165) is 10.8 Å². The first-order valence-corrected chi connectivity index (χ1v) is 12.8. The van der Waals surface area contributed by atoms with Crippen LogP contribution in [0.5, 0.6) is 0 Å². The minimum atomic E-state index is -4.56. The van der Waals surface area contributed by atoms with Gasteiger partial charge >= 0.3 is 10.0 Å². The van der Waals surface area contributed by atoms with Crippen molar-refractivity contribution >= 4 is 49.4 Å². The molecule has 1 saturated carbocycles. The van der Waals surface area contributed by atoms with Crippen LogP contribution in [-0.4, -0.2) is 30.2 Å². The number of ketones is 2. The van der Waals surface area contributed by atoms with Crippen molar-refractivity contribution in [3.05, 3.63) is 100.0 Å². The van der Waals surface area contributed by atoms with Crippen molar-refractivity contribution in [1.29, 1.82) is 0 Å². The highest BCUT2D eigenvalue weighted by Gasteiger charge is 2.49. The monoisotopic (exact) mass is 498 g/mol. The van der Waals surface area contributed by atoms with E-state index < -0.39 is 38.2 Å². The lowest BCUT2D eigenvalue weighted by atomic mass is 9.82. The summed E-state index contributed by atoms with van der Waals surface area (Å²) in [4.78, 5) is 39.2. The number of anilines is 3. The van der Waals surface area contributed by atoms with Gasteiger partial charge in [0.25, 0.3) is 0 Å². The van der Waals surface area contributed by atoms with Gasteiger partial charge in [0.1, 0.15) is 4.17 Å². The maximum atomic E-state index is 13.6. The molecule has 3 N–H and O–H groups in total. The summed E-state index contributed by atoms with van der Waals surface area (Å²) < 4.78 is 26.5. The molecular weight excluding hydrogens is 478 g/mol. The van der Waals surface area contributed by atoms with Gasteiger partial charge in [-0.15, -0.1) is 0 Å².